The van der Waals surface area contributed by atoms with E-state index in [-0.39, 0.29) is 16.8 Å². The lowest BCUT2D eigenvalue weighted by molar-refractivity contribution is -0.116. The number of rotatable bonds is 5. The number of fused-ring (bicyclic) bond motifs is 1. The fourth-order valence-corrected chi connectivity index (χ4v) is 3.55. The second-order valence-corrected chi connectivity index (χ2v) is 6.47. The van der Waals surface area contributed by atoms with Gasteiger partial charge >= 0.3 is 5.97 Å². The van der Waals surface area contributed by atoms with Crippen LogP contribution in [0.1, 0.15) is 15.2 Å². The zero-order chi connectivity index (χ0) is 18.8. The maximum absolute atomic E-state index is 12.6. The van der Waals surface area contributed by atoms with Crippen molar-refractivity contribution in [3.8, 4) is 5.75 Å². The molecule has 0 radical (unpaired) electrons. The van der Waals surface area contributed by atoms with Crippen molar-refractivity contribution in [1.82, 2.24) is 9.55 Å². The molecule has 3 aromatic rings. The number of carbonyl (C=O) groups is 2. The number of nitrogens with one attached hydrogen (secondary N) is 1. The van der Waals surface area contributed by atoms with Gasteiger partial charge < -0.3 is 15.2 Å². The molecular formula is C17H15N3O5S. The number of aromatic nitrogens is 2. The first-order valence-electron chi connectivity index (χ1n) is 7.57. The van der Waals surface area contributed by atoms with E-state index in [1.165, 1.54) is 13.4 Å². The number of ether oxygens (including phenoxy) is 1. The van der Waals surface area contributed by atoms with E-state index in [1.807, 2.05) is 0 Å². The van der Waals surface area contributed by atoms with Crippen LogP contribution in [-0.2, 0) is 11.3 Å². The molecular weight excluding hydrogens is 358 g/mol. The molecule has 134 valence electrons. The first-order chi connectivity index (χ1) is 12.4. The van der Waals surface area contributed by atoms with Gasteiger partial charge in [0.05, 0.1) is 24.5 Å². The minimum absolute atomic E-state index is 0.0702. The molecule has 0 bridgehead atoms. The molecule has 26 heavy (non-hydrogen) atoms. The SMILES string of the molecule is COc1ccccc1NC(=O)Cn1cnc2sc(C(=O)O)c(C)c2c1=O. The highest BCUT2D eigenvalue weighted by atomic mass is 32.1. The molecule has 0 unspecified atom stereocenters. The van der Waals surface area contributed by atoms with Crippen molar-refractivity contribution in [2.24, 2.45) is 0 Å². The standard InChI is InChI=1S/C17H15N3O5S/c1-9-13-15(26-14(9)17(23)24)18-8-20(16(13)22)7-12(21)19-10-5-3-4-6-11(10)25-2/h3-6,8H,7H2,1-2H3,(H,19,21)(H,23,24). The number of aromatic carboxylic acids is 1. The maximum atomic E-state index is 12.6. The molecule has 0 atom stereocenters. The fraction of sp³-hybridized carbons (Fsp3) is 0.176. The number of aryl methyl sites for hydroxylation is 1. The van der Waals surface area contributed by atoms with Crippen molar-refractivity contribution in [3.05, 3.63) is 51.4 Å². The molecule has 0 aliphatic heterocycles. The van der Waals surface area contributed by atoms with Crippen LogP contribution in [0.4, 0.5) is 5.69 Å². The molecule has 0 saturated carbocycles. The number of thiophene rings is 1. The summed E-state index contributed by atoms with van der Waals surface area (Å²) in [4.78, 5) is 40.7. The van der Waals surface area contributed by atoms with Crippen LogP contribution >= 0.6 is 11.3 Å². The monoisotopic (exact) mass is 373 g/mol. The normalized spacial score (nSPS) is 10.7. The number of para-hydroxylation sites is 2. The van der Waals surface area contributed by atoms with E-state index >= 15 is 0 Å². The molecule has 1 amide bonds. The molecule has 2 heterocycles. The zero-order valence-electron chi connectivity index (χ0n) is 14.0. The number of anilines is 1. The number of carbonyl (C=O) groups excluding carboxylic acids is 1. The molecule has 0 fully saturated rings. The van der Waals surface area contributed by atoms with E-state index in [0.717, 1.165) is 15.9 Å². The smallest absolute Gasteiger partial charge is 0.346 e. The number of amides is 1. The first kappa shape index (κ1) is 17.6. The topological polar surface area (TPSA) is 111 Å². The fourth-order valence-electron chi connectivity index (χ4n) is 2.57. The Labute approximate surface area is 151 Å². The Hall–Kier alpha value is -3.20. The Kier molecular flexibility index (Phi) is 4.72. The highest BCUT2D eigenvalue weighted by Crippen LogP contribution is 2.26. The number of hydrogen-bond donors (Lipinski definition) is 2. The van der Waals surface area contributed by atoms with Crippen LogP contribution in [0, 0.1) is 6.92 Å². The van der Waals surface area contributed by atoms with Crippen molar-refractivity contribution in [1.29, 1.82) is 0 Å². The summed E-state index contributed by atoms with van der Waals surface area (Å²) < 4.78 is 6.32. The van der Waals surface area contributed by atoms with Crippen molar-refractivity contribution < 1.29 is 19.4 Å². The van der Waals surface area contributed by atoms with Gasteiger partial charge in [0.15, 0.2) is 0 Å². The van der Waals surface area contributed by atoms with Gasteiger partial charge in [-0.05, 0) is 24.6 Å². The Balaban J connectivity index is 1.90. The average molecular weight is 373 g/mol. The van der Waals surface area contributed by atoms with Crippen LogP contribution in [-0.4, -0.2) is 33.6 Å². The van der Waals surface area contributed by atoms with Crippen molar-refractivity contribution in [2.45, 2.75) is 13.5 Å². The van der Waals surface area contributed by atoms with E-state index in [1.54, 1.807) is 31.2 Å². The molecule has 0 aliphatic rings. The third-order valence-corrected chi connectivity index (χ3v) is 4.99. The summed E-state index contributed by atoms with van der Waals surface area (Å²) in [5.41, 5.74) is 0.392. The van der Waals surface area contributed by atoms with Crippen molar-refractivity contribution in [3.63, 3.8) is 0 Å². The number of carboxylic acid groups (broad SMARTS) is 1. The van der Waals surface area contributed by atoms with Crippen LogP contribution in [0.2, 0.25) is 0 Å². The lowest BCUT2D eigenvalue weighted by Crippen LogP contribution is -2.28. The minimum atomic E-state index is -1.11. The van der Waals surface area contributed by atoms with Crippen LogP contribution in [0.15, 0.2) is 35.4 Å². The predicted octanol–water partition coefficient (Wildman–Crippen LogP) is 2.11. The first-order valence-corrected chi connectivity index (χ1v) is 8.38. The predicted molar refractivity (Wildman–Crippen MR) is 97.2 cm³/mol. The molecule has 0 saturated heterocycles. The van der Waals surface area contributed by atoms with Crippen LogP contribution in [0.5, 0.6) is 5.75 Å². The number of nitrogens with zero attached hydrogens (tertiary/aromatic N) is 2. The van der Waals surface area contributed by atoms with E-state index in [4.69, 9.17) is 4.74 Å². The molecule has 9 heteroatoms. The highest BCUT2D eigenvalue weighted by Gasteiger charge is 2.19. The molecule has 2 N–H and O–H groups in total. The molecule has 2 aromatic heterocycles. The summed E-state index contributed by atoms with van der Waals surface area (Å²) in [5, 5.41) is 12.1. The third-order valence-electron chi connectivity index (χ3n) is 3.81. The van der Waals surface area contributed by atoms with Gasteiger partial charge in [0.2, 0.25) is 5.91 Å². The molecule has 8 nitrogen and oxygen atoms in total. The van der Waals surface area contributed by atoms with E-state index < -0.39 is 17.4 Å². The quantitative estimate of drug-likeness (QED) is 0.709. The molecule has 3 rings (SSSR count). The summed E-state index contributed by atoms with van der Waals surface area (Å²) in [5.74, 6) is -1.03. The number of benzene rings is 1. The van der Waals surface area contributed by atoms with E-state index in [9.17, 15) is 19.5 Å². The van der Waals surface area contributed by atoms with Gasteiger partial charge in [-0.25, -0.2) is 9.78 Å². The second-order valence-electron chi connectivity index (χ2n) is 5.47. The lowest BCUT2D eigenvalue weighted by atomic mass is 10.2. The largest absolute Gasteiger partial charge is 0.495 e. The number of hydrogen-bond acceptors (Lipinski definition) is 6. The maximum Gasteiger partial charge on any atom is 0.346 e. The summed E-state index contributed by atoms with van der Waals surface area (Å²) in [6.07, 6.45) is 1.24. The van der Waals surface area contributed by atoms with E-state index in [2.05, 4.69) is 10.3 Å². The van der Waals surface area contributed by atoms with Crippen LogP contribution < -0.4 is 15.6 Å². The summed E-state index contributed by atoms with van der Waals surface area (Å²) in [6, 6.07) is 6.91. The van der Waals surface area contributed by atoms with Crippen molar-refractivity contribution in [2.75, 3.05) is 12.4 Å². The summed E-state index contributed by atoms with van der Waals surface area (Å²) >= 11 is 0.940. The Morgan fingerprint density at radius 1 is 1.35 bits per heavy atom. The van der Waals surface area contributed by atoms with Gasteiger partial charge in [0.25, 0.3) is 5.56 Å². The summed E-state index contributed by atoms with van der Waals surface area (Å²) in [6.45, 7) is 1.31. The average Bonchev–Trinajstić information content (AvgIpc) is 2.95. The van der Waals surface area contributed by atoms with Gasteiger partial charge in [-0.1, -0.05) is 12.1 Å². The number of carboxylic acids is 1. The zero-order valence-corrected chi connectivity index (χ0v) is 14.8. The summed E-state index contributed by atoms with van der Waals surface area (Å²) in [7, 11) is 1.49. The Morgan fingerprint density at radius 2 is 2.08 bits per heavy atom. The van der Waals surface area contributed by atoms with Crippen LogP contribution in [0.25, 0.3) is 10.2 Å². The molecule has 0 spiro atoms. The lowest BCUT2D eigenvalue weighted by Gasteiger charge is -2.10. The third kappa shape index (κ3) is 3.16. The van der Waals surface area contributed by atoms with Gasteiger partial charge in [-0.15, -0.1) is 11.3 Å². The molecule has 0 aliphatic carbocycles. The Bertz CT molecular complexity index is 1070. The van der Waals surface area contributed by atoms with Gasteiger partial charge in [-0.2, -0.15) is 0 Å². The minimum Gasteiger partial charge on any atom is -0.495 e. The number of methoxy groups -OCH3 is 1. The van der Waals surface area contributed by atoms with Gasteiger partial charge in [0, 0.05) is 0 Å². The Morgan fingerprint density at radius 3 is 2.77 bits per heavy atom. The van der Waals surface area contributed by atoms with Crippen molar-refractivity contribution >= 4 is 39.1 Å². The van der Waals surface area contributed by atoms with E-state index in [0.29, 0.717) is 21.8 Å². The molecule has 1 aromatic carbocycles. The highest BCUT2D eigenvalue weighted by molar-refractivity contribution is 7.20. The second kappa shape index (κ2) is 6.96. The van der Waals surface area contributed by atoms with Gasteiger partial charge in [0.1, 0.15) is 22.0 Å². The van der Waals surface area contributed by atoms with Crippen LogP contribution in [0.3, 0.4) is 0 Å². The van der Waals surface area contributed by atoms with Gasteiger partial charge in [-0.3, -0.25) is 14.2 Å².